The Morgan fingerprint density at radius 1 is 1.04 bits per heavy atom. The number of aryl methyl sites for hydroxylation is 1. The van der Waals surface area contributed by atoms with Crippen molar-refractivity contribution < 1.29 is 4.79 Å². The van der Waals surface area contributed by atoms with E-state index < -0.39 is 0 Å². The molecule has 0 radical (unpaired) electrons. The van der Waals surface area contributed by atoms with Crippen LogP contribution in [0.3, 0.4) is 0 Å². The summed E-state index contributed by atoms with van der Waals surface area (Å²) in [4.78, 5) is 17.3. The molecule has 0 fully saturated rings. The average Bonchev–Trinajstić information content (AvgIpc) is 3.27. The van der Waals surface area contributed by atoms with Crippen molar-refractivity contribution in [3.63, 3.8) is 0 Å². The zero-order valence-electron chi connectivity index (χ0n) is 14.9. The summed E-state index contributed by atoms with van der Waals surface area (Å²) in [6.45, 7) is 3.74. The maximum atomic E-state index is 12.8. The predicted molar refractivity (Wildman–Crippen MR) is 110 cm³/mol. The van der Waals surface area contributed by atoms with Crippen LogP contribution in [0.5, 0.6) is 0 Å². The van der Waals surface area contributed by atoms with E-state index in [1.165, 1.54) is 16.3 Å². The summed E-state index contributed by atoms with van der Waals surface area (Å²) in [7, 11) is 0. The number of hydrazone groups is 2. The highest BCUT2D eigenvalue weighted by Gasteiger charge is 2.32. The van der Waals surface area contributed by atoms with E-state index >= 15 is 0 Å². The summed E-state index contributed by atoms with van der Waals surface area (Å²) in [6, 6.07) is 17.6. The van der Waals surface area contributed by atoms with Crippen LogP contribution in [-0.4, -0.2) is 22.3 Å². The summed E-state index contributed by atoms with van der Waals surface area (Å²) in [5.74, 6) is -0.289. The number of nitrogens with zero attached hydrogens (tertiary/aromatic N) is 4. The van der Waals surface area contributed by atoms with E-state index in [4.69, 9.17) is 0 Å². The number of anilines is 2. The molecule has 1 aliphatic rings. The van der Waals surface area contributed by atoms with E-state index in [9.17, 15) is 4.79 Å². The Morgan fingerprint density at radius 2 is 1.78 bits per heavy atom. The Bertz CT molecular complexity index is 1050. The zero-order chi connectivity index (χ0) is 18.8. The molecule has 0 unspecified atom stereocenters. The summed E-state index contributed by atoms with van der Waals surface area (Å²) in [5, 5.41) is 12.4. The molecular weight excluding hydrogens is 358 g/mol. The molecule has 3 aromatic rings. The molecule has 1 N–H and O–H groups in total. The van der Waals surface area contributed by atoms with Gasteiger partial charge in [-0.2, -0.15) is 15.2 Å². The van der Waals surface area contributed by atoms with Gasteiger partial charge >= 0.3 is 5.91 Å². The lowest BCUT2D eigenvalue weighted by Crippen LogP contribution is -2.27. The van der Waals surface area contributed by atoms with E-state index in [1.807, 2.05) is 66.9 Å². The Kier molecular flexibility index (Phi) is 4.52. The van der Waals surface area contributed by atoms with Crippen LogP contribution >= 0.6 is 11.3 Å². The van der Waals surface area contributed by atoms with Crippen LogP contribution in [0.15, 0.2) is 70.2 Å². The number of carbonyl (C=O) groups excluding carboxylic acids is 1. The fraction of sp³-hybridized carbons (Fsp3) is 0.100. The molecule has 2 heterocycles. The standard InChI is InChI=1S/C20H17N5OS/c1-13-8-6-7-11-16(13)22-23-18-14(2)24-25(19(18)26)20-21-17(12-27-20)15-9-4-3-5-10-15/h3-12,22H,1-2H3/b23-18-. The number of para-hydroxylation sites is 1. The molecule has 6 nitrogen and oxygen atoms in total. The highest BCUT2D eigenvalue weighted by molar-refractivity contribution is 7.14. The third kappa shape index (κ3) is 3.37. The Hall–Kier alpha value is -3.32. The molecule has 0 saturated carbocycles. The molecular formula is C20H17N5OS. The van der Waals surface area contributed by atoms with Gasteiger partial charge in [-0.1, -0.05) is 48.5 Å². The second-order valence-corrected chi connectivity index (χ2v) is 6.91. The lowest BCUT2D eigenvalue weighted by molar-refractivity contribution is -0.112. The van der Waals surface area contributed by atoms with Gasteiger partial charge in [0.1, 0.15) is 0 Å². The van der Waals surface area contributed by atoms with Crippen molar-refractivity contribution in [2.24, 2.45) is 10.2 Å². The van der Waals surface area contributed by atoms with Crippen LogP contribution in [-0.2, 0) is 4.79 Å². The van der Waals surface area contributed by atoms with E-state index in [0.717, 1.165) is 22.5 Å². The van der Waals surface area contributed by atoms with Gasteiger partial charge in [0, 0.05) is 10.9 Å². The van der Waals surface area contributed by atoms with E-state index in [0.29, 0.717) is 10.8 Å². The van der Waals surface area contributed by atoms with Crippen LogP contribution < -0.4 is 10.4 Å². The molecule has 0 spiro atoms. The van der Waals surface area contributed by atoms with Crippen LogP contribution in [0.2, 0.25) is 0 Å². The van der Waals surface area contributed by atoms with Crippen LogP contribution in [0.25, 0.3) is 11.3 Å². The van der Waals surface area contributed by atoms with Gasteiger partial charge in [-0.3, -0.25) is 10.2 Å². The van der Waals surface area contributed by atoms with Crippen molar-refractivity contribution in [3.8, 4) is 11.3 Å². The molecule has 1 amide bonds. The van der Waals surface area contributed by atoms with Gasteiger partial charge in [0.15, 0.2) is 5.71 Å². The van der Waals surface area contributed by atoms with Gasteiger partial charge < -0.3 is 0 Å². The van der Waals surface area contributed by atoms with Gasteiger partial charge in [0.25, 0.3) is 0 Å². The molecule has 0 aliphatic carbocycles. The predicted octanol–water partition coefficient (Wildman–Crippen LogP) is 4.31. The van der Waals surface area contributed by atoms with Crippen LogP contribution in [0, 0.1) is 6.92 Å². The van der Waals surface area contributed by atoms with Gasteiger partial charge in [0.2, 0.25) is 5.13 Å². The first-order chi connectivity index (χ1) is 13.1. The van der Waals surface area contributed by atoms with Crippen LogP contribution in [0.1, 0.15) is 12.5 Å². The topological polar surface area (TPSA) is 70.0 Å². The SMILES string of the molecule is CC1=NN(c2nc(-c3ccccc3)cs2)C(=O)/C1=N\Nc1ccccc1C. The number of aromatic nitrogens is 1. The lowest BCUT2D eigenvalue weighted by atomic mass is 10.2. The summed E-state index contributed by atoms with van der Waals surface area (Å²) in [5.41, 5.74) is 7.52. The maximum Gasteiger partial charge on any atom is 0.303 e. The molecule has 134 valence electrons. The fourth-order valence-corrected chi connectivity index (χ4v) is 3.45. The molecule has 4 rings (SSSR count). The van der Waals surface area contributed by atoms with Gasteiger partial charge in [-0.05, 0) is 25.5 Å². The van der Waals surface area contributed by atoms with Crippen molar-refractivity contribution in [2.75, 3.05) is 10.4 Å². The summed E-state index contributed by atoms with van der Waals surface area (Å²) < 4.78 is 0. The molecule has 0 atom stereocenters. The van der Waals surface area contributed by atoms with Gasteiger partial charge in [-0.15, -0.1) is 11.3 Å². The number of thiazole rings is 1. The van der Waals surface area contributed by atoms with Crippen molar-refractivity contribution in [2.45, 2.75) is 13.8 Å². The Morgan fingerprint density at radius 3 is 2.56 bits per heavy atom. The highest BCUT2D eigenvalue weighted by atomic mass is 32.1. The molecule has 1 aromatic heterocycles. The first-order valence-electron chi connectivity index (χ1n) is 8.44. The molecule has 1 aliphatic heterocycles. The van der Waals surface area contributed by atoms with Crippen molar-refractivity contribution >= 4 is 39.5 Å². The number of nitrogens with one attached hydrogen (secondary N) is 1. The van der Waals surface area contributed by atoms with Crippen molar-refractivity contribution in [3.05, 3.63) is 65.5 Å². The van der Waals surface area contributed by atoms with Crippen LogP contribution in [0.4, 0.5) is 10.8 Å². The molecule has 2 aromatic carbocycles. The average molecular weight is 375 g/mol. The third-order valence-corrected chi connectivity index (χ3v) is 4.98. The smallest absolute Gasteiger partial charge is 0.277 e. The number of hydrogen-bond acceptors (Lipinski definition) is 6. The first kappa shape index (κ1) is 17.1. The maximum absolute atomic E-state index is 12.8. The molecule has 7 heteroatoms. The minimum Gasteiger partial charge on any atom is -0.277 e. The second kappa shape index (κ2) is 7.13. The van der Waals surface area contributed by atoms with Crippen molar-refractivity contribution in [1.29, 1.82) is 0 Å². The lowest BCUT2D eigenvalue weighted by Gasteiger charge is -2.07. The van der Waals surface area contributed by atoms with E-state index in [2.05, 4.69) is 20.6 Å². The normalized spacial score (nSPS) is 15.3. The highest BCUT2D eigenvalue weighted by Crippen LogP contribution is 2.29. The third-order valence-electron chi connectivity index (χ3n) is 4.16. The molecule has 0 bridgehead atoms. The monoisotopic (exact) mass is 375 g/mol. The number of carbonyl (C=O) groups is 1. The minimum absolute atomic E-state index is 0.287. The minimum atomic E-state index is -0.289. The Labute approximate surface area is 160 Å². The summed E-state index contributed by atoms with van der Waals surface area (Å²) >= 11 is 1.38. The molecule has 27 heavy (non-hydrogen) atoms. The number of hydrogen-bond donors (Lipinski definition) is 1. The zero-order valence-corrected chi connectivity index (χ0v) is 15.7. The fourth-order valence-electron chi connectivity index (χ4n) is 2.67. The number of amides is 1. The van der Waals surface area contributed by atoms with E-state index in [-0.39, 0.29) is 11.6 Å². The van der Waals surface area contributed by atoms with Crippen molar-refractivity contribution in [1.82, 2.24) is 4.98 Å². The molecule has 0 saturated heterocycles. The second-order valence-electron chi connectivity index (χ2n) is 6.07. The first-order valence-corrected chi connectivity index (χ1v) is 9.32. The van der Waals surface area contributed by atoms with Gasteiger partial charge in [-0.25, -0.2) is 4.98 Å². The van der Waals surface area contributed by atoms with E-state index in [1.54, 1.807) is 6.92 Å². The summed E-state index contributed by atoms with van der Waals surface area (Å²) in [6.07, 6.45) is 0. The number of rotatable bonds is 4. The number of benzene rings is 2. The quantitative estimate of drug-likeness (QED) is 0.691. The Balaban J connectivity index is 1.57. The van der Waals surface area contributed by atoms with Gasteiger partial charge in [0.05, 0.1) is 17.1 Å². The largest absolute Gasteiger partial charge is 0.303 e.